The number of carbonyl (C=O) groups is 4. The average molecular weight is 624 g/mol. The molecule has 1 aliphatic rings. The van der Waals surface area contributed by atoms with Crippen molar-refractivity contribution in [2.45, 2.75) is 44.6 Å². The van der Waals surface area contributed by atoms with Crippen molar-refractivity contribution in [3.8, 4) is 5.75 Å². The van der Waals surface area contributed by atoms with Gasteiger partial charge in [-0.15, -0.1) is 0 Å². The van der Waals surface area contributed by atoms with Crippen molar-refractivity contribution in [1.29, 1.82) is 0 Å². The van der Waals surface area contributed by atoms with E-state index in [1.54, 1.807) is 0 Å². The van der Waals surface area contributed by atoms with E-state index in [0.717, 1.165) is 17.7 Å². The third-order valence-electron chi connectivity index (χ3n) is 7.70. The number of ether oxygens (including phenoxy) is 1. The van der Waals surface area contributed by atoms with Crippen LogP contribution in [-0.4, -0.2) is 155 Å². The molecule has 44 heavy (non-hydrogen) atoms. The van der Waals surface area contributed by atoms with Gasteiger partial charge in [-0.05, 0) is 37.1 Å². The summed E-state index contributed by atoms with van der Waals surface area (Å²) in [6, 6.07) is 7.55. The van der Waals surface area contributed by atoms with Crippen LogP contribution in [0, 0.1) is 0 Å². The van der Waals surface area contributed by atoms with E-state index in [-0.39, 0.29) is 38.3 Å². The molecule has 0 spiro atoms. The Morgan fingerprint density at radius 2 is 1.14 bits per heavy atom. The average Bonchev–Trinajstić information content (AvgIpc) is 2.96. The summed E-state index contributed by atoms with van der Waals surface area (Å²) in [5, 5.41) is 37.5. The molecule has 1 aliphatic heterocycles. The summed E-state index contributed by atoms with van der Waals surface area (Å²) in [5.74, 6) is -2.94. The normalized spacial score (nSPS) is 18.2. The molecule has 1 aromatic carbocycles. The Bertz CT molecular complexity index is 1030. The minimum Gasteiger partial charge on any atom is -0.494 e. The molecule has 14 heteroatoms. The number of nitrogens with zero attached hydrogens (tertiary/aromatic N) is 4. The molecule has 0 aliphatic carbocycles. The van der Waals surface area contributed by atoms with Crippen LogP contribution in [0.2, 0.25) is 0 Å². The van der Waals surface area contributed by atoms with Gasteiger partial charge in [-0.3, -0.25) is 29.0 Å². The zero-order valence-electron chi connectivity index (χ0n) is 25.5. The van der Waals surface area contributed by atoms with Crippen LogP contribution in [0.1, 0.15) is 37.7 Å². The van der Waals surface area contributed by atoms with E-state index in [4.69, 9.17) is 10.5 Å². The zero-order valence-corrected chi connectivity index (χ0v) is 25.5. The summed E-state index contributed by atoms with van der Waals surface area (Å²) < 4.78 is 5.73. The highest BCUT2D eigenvalue weighted by molar-refractivity contribution is 5.67. The second-order valence-electron chi connectivity index (χ2n) is 11.1. The molecule has 1 unspecified atom stereocenters. The topological polar surface area (TPSA) is 197 Å². The van der Waals surface area contributed by atoms with E-state index >= 15 is 0 Å². The van der Waals surface area contributed by atoms with Gasteiger partial charge in [-0.25, -0.2) is 0 Å². The number of aliphatic carboxylic acids is 4. The van der Waals surface area contributed by atoms with Gasteiger partial charge in [0.2, 0.25) is 0 Å². The molecular formula is C30H49N5O9. The number of benzene rings is 1. The molecule has 1 heterocycles. The highest BCUT2D eigenvalue weighted by Gasteiger charge is 2.25. The van der Waals surface area contributed by atoms with Crippen molar-refractivity contribution in [3.05, 3.63) is 29.8 Å². The second-order valence-corrected chi connectivity index (χ2v) is 11.1. The van der Waals surface area contributed by atoms with Crippen molar-refractivity contribution in [3.63, 3.8) is 0 Å². The van der Waals surface area contributed by atoms with E-state index in [1.165, 1.54) is 0 Å². The summed E-state index contributed by atoms with van der Waals surface area (Å²) in [6.45, 7) is 5.78. The predicted molar refractivity (Wildman–Crippen MR) is 163 cm³/mol. The molecule has 0 amide bonds. The molecule has 6 N–H and O–H groups in total. The number of carboxylic acids is 4. The van der Waals surface area contributed by atoms with Gasteiger partial charge in [0.15, 0.2) is 0 Å². The third kappa shape index (κ3) is 16.0. The first-order valence-corrected chi connectivity index (χ1v) is 15.3. The lowest BCUT2D eigenvalue weighted by Crippen LogP contribution is -2.52. The molecule has 0 aromatic heterocycles. The molecule has 2 rings (SSSR count). The quantitative estimate of drug-likeness (QED) is 0.141. The van der Waals surface area contributed by atoms with Crippen LogP contribution in [-0.2, 0) is 25.6 Å². The molecule has 1 atom stereocenters. The Morgan fingerprint density at radius 3 is 1.64 bits per heavy atom. The van der Waals surface area contributed by atoms with Crippen molar-refractivity contribution in [2.24, 2.45) is 5.73 Å². The highest BCUT2D eigenvalue weighted by Crippen LogP contribution is 2.18. The van der Waals surface area contributed by atoms with Gasteiger partial charge in [0, 0.05) is 78.0 Å². The van der Waals surface area contributed by atoms with Crippen molar-refractivity contribution in [2.75, 3.05) is 85.1 Å². The maximum Gasteiger partial charge on any atom is 0.304 e. The van der Waals surface area contributed by atoms with Crippen LogP contribution in [0.5, 0.6) is 5.75 Å². The number of hydrogen-bond acceptors (Lipinski definition) is 10. The Balaban J connectivity index is 2.37. The van der Waals surface area contributed by atoms with E-state index < -0.39 is 23.9 Å². The first kappa shape index (κ1) is 36.9. The van der Waals surface area contributed by atoms with Crippen LogP contribution < -0.4 is 10.5 Å². The first-order valence-electron chi connectivity index (χ1n) is 15.3. The molecule has 0 saturated carbocycles. The summed E-state index contributed by atoms with van der Waals surface area (Å²) in [7, 11) is 0. The fraction of sp³-hybridized carbons (Fsp3) is 0.667. The van der Waals surface area contributed by atoms with Crippen molar-refractivity contribution in [1.82, 2.24) is 19.6 Å². The van der Waals surface area contributed by atoms with E-state index in [0.29, 0.717) is 85.0 Å². The molecule has 248 valence electrons. The van der Waals surface area contributed by atoms with Gasteiger partial charge in [-0.2, -0.15) is 0 Å². The van der Waals surface area contributed by atoms with E-state index in [2.05, 4.69) is 9.80 Å². The minimum atomic E-state index is -0.923. The summed E-state index contributed by atoms with van der Waals surface area (Å²) in [6.07, 6.45) is 1.10. The monoisotopic (exact) mass is 623 g/mol. The van der Waals surface area contributed by atoms with Gasteiger partial charge in [-0.1, -0.05) is 12.1 Å². The van der Waals surface area contributed by atoms with Crippen LogP contribution in [0.15, 0.2) is 24.3 Å². The predicted octanol–water partition coefficient (Wildman–Crippen LogP) is 0.446. The summed E-state index contributed by atoms with van der Waals surface area (Å²) in [5.41, 5.74) is 6.56. The summed E-state index contributed by atoms with van der Waals surface area (Å²) in [4.78, 5) is 54.0. The first-order chi connectivity index (χ1) is 21.0. The maximum absolute atomic E-state index is 11.6. The largest absolute Gasteiger partial charge is 0.494 e. The SMILES string of the molecule is NCCCOc1ccc(CC2CN(CCC(=O)O)CCN(CCC(=O)O)CCN(CCC(=O)O)CCN2CCC(=O)O)cc1. The lowest BCUT2D eigenvalue weighted by atomic mass is 10.0. The minimum absolute atomic E-state index is 0.0399. The van der Waals surface area contributed by atoms with Crippen LogP contribution >= 0.6 is 0 Å². The Hall–Kier alpha value is -3.30. The third-order valence-corrected chi connectivity index (χ3v) is 7.70. The zero-order chi connectivity index (χ0) is 32.3. The summed E-state index contributed by atoms with van der Waals surface area (Å²) >= 11 is 0. The van der Waals surface area contributed by atoms with E-state index in [9.17, 15) is 39.6 Å². The van der Waals surface area contributed by atoms with Gasteiger partial charge < -0.3 is 40.7 Å². The lowest BCUT2D eigenvalue weighted by molar-refractivity contribution is -0.139. The van der Waals surface area contributed by atoms with Gasteiger partial charge in [0.25, 0.3) is 0 Å². The van der Waals surface area contributed by atoms with Gasteiger partial charge in [0.1, 0.15) is 5.75 Å². The smallest absolute Gasteiger partial charge is 0.304 e. The number of nitrogens with two attached hydrogens (primary N) is 1. The Morgan fingerprint density at radius 1 is 0.682 bits per heavy atom. The lowest BCUT2D eigenvalue weighted by Gasteiger charge is -2.39. The van der Waals surface area contributed by atoms with Gasteiger partial charge in [0.05, 0.1) is 32.3 Å². The molecule has 1 aromatic rings. The standard InChI is InChI=1S/C30H49N5O9/c31-10-1-21-44-26-4-2-24(3-5-26)22-25-23-34(13-8-29(40)41)18-17-32(11-6-27(36)37)15-16-33(12-7-28(38)39)19-20-35(25)14-9-30(42)43/h2-5,25H,1,6-23,31H2,(H,36,37)(H,38,39)(H,40,41)(H,42,43). The second kappa shape index (κ2) is 20.6. The van der Waals surface area contributed by atoms with Crippen molar-refractivity contribution < 1.29 is 44.3 Å². The van der Waals surface area contributed by atoms with Gasteiger partial charge >= 0.3 is 23.9 Å². The molecule has 14 nitrogen and oxygen atoms in total. The van der Waals surface area contributed by atoms with Crippen LogP contribution in [0.3, 0.4) is 0 Å². The number of rotatable bonds is 18. The molecule has 1 saturated heterocycles. The molecule has 0 radical (unpaired) electrons. The number of hydrogen-bond donors (Lipinski definition) is 5. The molecule has 1 fully saturated rings. The fourth-order valence-corrected chi connectivity index (χ4v) is 5.15. The fourth-order valence-electron chi connectivity index (χ4n) is 5.15. The highest BCUT2D eigenvalue weighted by atomic mass is 16.5. The Kier molecular flexibility index (Phi) is 17.3. The Labute approximate surface area is 258 Å². The maximum atomic E-state index is 11.6. The van der Waals surface area contributed by atoms with Crippen molar-refractivity contribution >= 4 is 23.9 Å². The van der Waals surface area contributed by atoms with Crippen LogP contribution in [0.4, 0.5) is 0 Å². The molecule has 0 bridgehead atoms. The molecular weight excluding hydrogens is 574 g/mol. The number of carboxylic acid groups (broad SMARTS) is 4. The van der Waals surface area contributed by atoms with E-state index in [1.807, 2.05) is 34.1 Å². The van der Waals surface area contributed by atoms with Crippen LogP contribution in [0.25, 0.3) is 0 Å².